The Balaban J connectivity index is 3.34. The fourth-order valence-corrected chi connectivity index (χ4v) is 1.38. The highest BCUT2D eigenvalue weighted by atomic mass is 16.5. The first-order valence-electron chi connectivity index (χ1n) is 4.41. The van der Waals surface area contributed by atoms with Crippen molar-refractivity contribution in [3.63, 3.8) is 0 Å². The summed E-state index contributed by atoms with van der Waals surface area (Å²) in [6.07, 6.45) is 0.774. The van der Waals surface area contributed by atoms with Gasteiger partial charge in [0, 0.05) is 11.6 Å². The van der Waals surface area contributed by atoms with Crippen molar-refractivity contribution in [2.24, 2.45) is 0 Å². The highest BCUT2D eigenvalue weighted by Gasteiger charge is 2.09. The van der Waals surface area contributed by atoms with E-state index >= 15 is 0 Å². The van der Waals surface area contributed by atoms with Crippen LogP contribution in [0.15, 0.2) is 12.1 Å². The normalized spacial score (nSPS) is 9.29. The summed E-state index contributed by atoms with van der Waals surface area (Å²) < 4.78 is 10.3. The zero-order valence-electron chi connectivity index (χ0n) is 8.63. The third kappa shape index (κ3) is 1.80. The lowest BCUT2D eigenvalue weighted by atomic mass is 10.0. The van der Waals surface area contributed by atoms with Gasteiger partial charge in [0.15, 0.2) is 0 Å². The molecule has 0 fully saturated rings. The van der Waals surface area contributed by atoms with Crippen LogP contribution < -0.4 is 9.47 Å². The van der Waals surface area contributed by atoms with Crippen LogP contribution in [0.25, 0.3) is 0 Å². The van der Waals surface area contributed by atoms with Gasteiger partial charge in [0.25, 0.3) is 0 Å². The van der Waals surface area contributed by atoms with Gasteiger partial charge in [0.05, 0.1) is 25.9 Å². The maximum absolute atomic E-state index is 8.93. The summed E-state index contributed by atoms with van der Waals surface area (Å²) in [7, 11) is 3.16. The van der Waals surface area contributed by atoms with Crippen LogP contribution in [0.2, 0.25) is 0 Å². The summed E-state index contributed by atoms with van der Waals surface area (Å²) in [6, 6.07) is 5.65. The maximum atomic E-state index is 8.93. The predicted molar refractivity (Wildman–Crippen MR) is 53.6 cm³/mol. The average molecular weight is 191 g/mol. The van der Waals surface area contributed by atoms with E-state index < -0.39 is 0 Å². The highest BCUT2D eigenvalue weighted by molar-refractivity contribution is 5.51. The van der Waals surface area contributed by atoms with Crippen LogP contribution >= 0.6 is 0 Å². The molecule has 3 nitrogen and oxygen atoms in total. The van der Waals surface area contributed by atoms with E-state index in [0.717, 1.165) is 12.0 Å². The Hall–Kier alpha value is -1.69. The minimum atomic E-state index is 0.615. The Morgan fingerprint density at radius 1 is 1.29 bits per heavy atom. The van der Waals surface area contributed by atoms with Crippen molar-refractivity contribution in [2.45, 2.75) is 13.3 Å². The molecule has 1 aromatic rings. The van der Waals surface area contributed by atoms with Crippen molar-refractivity contribution in [2.75, 3.05) is 14.2 Å². The quantitative estimate of drug-likeness (QED) is 0.735. The molecule has 0 saturated heterocycles. The van der Waals surface area contributed by atoms with E-state index in [-0.39, 0.29) is 0 Å². The first-order valence-corrected chi connectivity index (χ1v) is 4.41. The molecule has 0 aromatic heterocycles. The molecule has 0 aliphatic carbocycles. The molecule has 0 aliphatic rings. The van der Waals surface area contributed by atoms with E-state index in [1.54, 1.807) is 26.4 Å². The molecule has 1 rings (SSSR count). The highest BCUT2D eigenvalue weighted by Crippen LogP contribution is 2.28. The van der Waals surface area contributed by atoms with E-state index in [4.69, 9.17) is 14.7 Å². The first-order chi connectivity index (χ1) is 6.76. The van der Waals surface area contributed by atoms with Crippen LogP contribution in [0.4, 0.5) is 0 Å². The summed E-state index contributed by atoms with van der Waals surface area (Å²) in [5, 5.41) is 8.93. The summed E-state index contributed by atoms with van der Waals surface area (Å²) in [6.45, 7) is 1.99. The molecule has 3 heteroatoms. The second-order valence-corrected chi connectivity index (χ2v) is 2.82. The third-order valence-corrected chi connectivity index (χ3v) is 2.11. The molecule has 74 valence electrons. The number of hydrogen-bond acceptors (Lipinski definition) is 3. The molecule has 0 atom stereocenters. The van der Waals surface area contributed by atoms with Crippen molar-refractivity contribution in [3.8, 4) is 17.6 Å². The Bertz CT molecular complexity index is 366. The van der Waals surface area contributed by atoms with Crippen molar-refractivity contribution in [3.05, 3.63) is 23.3 Å². The minimum Gasteiger partial charge on any atom is -0.497 e. The van der Waals surface area contributed by atoms with E-state index in [1.165, 1.54) is 0 Å². The minimum absolute atomic E-state index is 0.615. The molecule has 14 heavy (non-hydrogen) atoms. The van der Waals surface area contributed by atoms with Crippen LogP contribution in [0.3, 0.4) is 0 Å². The van der Waals surface area contributed by atoms with E-state index in [2.05, 4.69) is 6.07 Å². The van der Waals surface area contributed by atoms with E-state index in [9.17, 15) is 0 Å². The lowest BCUT2D eigenvalue weighted by Gasteiger charge is -2.10. The van der Waals surface area contributed by atoms with Gasteiger partial charge in [0.1, 0.15) is 11.5 Å². The number of nitriles is 1. The molecule has 0 unspecified atom stereocenters. The Kier molecular flexibility index (Phi) is 3.35. The second kappa shape index (κ2) is 4.52. The smallest absolute Gasteiger partial charge is 0.127 e. The van der Waals surface area contributed by atoms with Crippen LogP contribution in [-0.4, -0.2) is 14.2 Å². The molecule has 0 bridgehead atoms. The molecule has 0 radical (unpaired) electrons. The number of hydrogen-bond donors (Lipinski definition) is 0. The van der Waals surface area contributed by atoms with Gasteiger partial charge in [-0.15, -0.1) is 0 Å². The third-order valence-electron chi connectivity index (χ3n) is 2.11. The predicted octanol–water partition coefficient (Wildman–Crippen LogP) is 2.14. The summed E-state index contributed by atoms with van der Waals surface area (Å²) in [5.74, 6) is 1.36. The van der Waals surface area contributed by atoms with Crippen molar-refractivity contribution >= 4 is 0 Å². The number of rotatable bonds is 3. The van der Waals surface area contributed by atoms with Gasteiger partial charge in [-0.2, -0.15) is 5.26 Å². The SMILES string of the molecule is CCc1c(C#N)cc(OC)cc1OC. The summed E-state index contributed by atoms with van der Waals surface area (Å²) >= 11 is 0. The molecule has 0 aliphatic heterocycles. The fraction of sp³-hybridized carbons (Fsp3) is 0.364. The van der Waals surface area contributed by atoms with Gasteiger partial charge in [-0.1, -0.05) is 6.92 Å². The second-order valence-electron chi connectivity index (χ2n) is 2.82. The topological polar surface area (TPSA) is 42.2 Å². The largest absolute Gasteiger partial charge is 0.497 e. The zero-order chi connectivity index (χ0) is 10.6. The lowest BCUT2D eigenvalue weighted by Crippen LogP contribution is -1.96. The fourth-order valence-electron chi connectivity index (χ4n) is 1.38. The van der Waals surface area contributed by atoms with Gasteiger partial charge in [0.2, 0.25) is 0 Å². The Morgan fingerprint density at radius 3 is 2.43 bits per heavy atom. The lowest BCUT2D eigenvalue weighted by molar-refractivity contribution is 0.391. The molecule has 0 heterocycles. The monoisotopic (exact) mass is 191 g/mol. The number of ether oxygens (including phenoxy) is 2. The Labute approximate surface area is 83.9 Å². The van der Waals surface area contributed by atoms with Crippen LogP contribution in [0, 0.1) is 11.3 Å². The molecule has 1 aromatic carbocycles. The van der Waals surface area contributed by atoms with Gasteiger partial charge < -0.3 is 9.47 Å². The number of nitrogens with zero attached hydrogens (tertiary/aromatic N) is 1. The van der Waals surface area contributed by atoms with Gasteiger partial charge in [-0.05, 0) is 12.5 Å². The zero-order valence-corrected chi connectivity index (χ0v) is 8.63. The summed E-state index contributed by atoms with van der Waals surface area (Å²) in [5.41, 5.74) is 1.54. The van der Waals surface area contributed by atoms with Crippen molar-refractivity contribution in [1.82, 2.24) is 0 Å². The van der Waals surface area contributed by atoms with Crippen LogP contribution in [0.1, 0.15) is 18.1 Å². The van der Waals surface area contributed by atoms with Crippen LogP contribution in [0.5, 0.6) is 11.5 Å². The maximum Gasteiger partial charge on any atom is 0.127 e. The average Bonchev–Trinajstić information content (AvgIpc) is 2.26. The summed E-state index contributed by atoms with van der Waals surface area (Å²) in [4.78, 5) is 0. The molecule has 0 spiro atoms. The number of methoxy groups -OCH3 is 2. The van der Waals surface area contributed by atoms with Gasteiger partial charge in [-0.3, -0.25) is 0 Å². The molecule has 0 saturated carbocycles. The van der Waals surface area contributed by atoms with E-state index in [0.29, 0.717) is 17.1 Å². The first kappa shape index (κ1) is 10.4. The van der Waals surface area contributed by atoms with E-state index in [1.807, 2.05) is 6.92 Å². The van der Waals surface area contributed by atoms with Crippen molar-refractivity contribution in [1.29, 1.82) is 5.26 Å². The molecular weight excluding hydrogens is 178 g/mol. The van der Waals surface area contributed by atoms with Gasteiger partial charge in [-0.25, -0.2) is 0 Å². The Morgan fingerprint density at radius 2 is 2.00 bits per heavy atom. The van der Waals surface area contributed by atoms with Crippen LogP contribution in [-0.2, 0) is 6.42 Å². The van der Waals surface area contributed by atoms with Crippen molar-refractivity contribution < 1.29 is 9.47 Å². The van der Waals surface area contributed by atoms with Gasteiger partial charge >= 0.3 is 0 Å². The number of benzene rings is 1. The molecule has 0 N–H and O–H groups in total. The standard InChI is InChI=1S/C11H13NO2/c1-4-10-8(7-12)5-9(13-2)6-11(10)14-3/h5-6H,4H2,1-3H3. The molecule has 0 amide bonds. The molecular formula is C11H13NO2.